The number of nitrogens with zero attached hydrogens (tertiary/aromatic N) is 2. The summed E-state index contributed by atoms with van der Waals surface area (Å²) in [7, 11) is 0. The van der Waals surface area contributed by atoms with Crippen LogP contribution in [0.4, 0.5) is 5.82 Å². The van der Waals surface area contributed by atoms with Gasteiger partial charge in [-0.05, 0) is 69.0 Å². The normalized spacial score (nSPS) is 22.0. The Kier molecular flexibility index (Phi) is 6.71. The van der Waals surface area contributed by atoms with Gasteiger partial charge in [-0.1, -0.05) is 25.3 Å². The fourth-order valence-electron chi connectivity index (χ4n) is 4.62. The minimum absolute atomic E-state index is 0.357. The SMILES string of the molecule is Cc1ccc(NC2CCN(CCC3(CCO)CCCCC3)CC2)nc1. The Balaban J connectivity index is 1.42. The number of aryl methyl sites for hydroxylation is 1. The summed E-state index contributed by atoms with van der Waals surface area (Å²) in [5.74, 6) is 1.01. The predicted molar refractivity (Wildman–Crippen MR) is 104 cm³/mol. The van der Waals surface area contributed by atoms with Crippen LogP contribution in [0.3, 0.4) is 0 Å². The van der Waals surface area contributed by atoms with Crippen LogP contribution in [0, 0.1) is 12.3 Å². The van der Waals surface area contributed by atoms with Gasteiger partial charge in [0, 0.05) is 31.9 Å². The van der Waals surface area contributed by atoms with Crippen molar-refractivity contribution in [2.75, 3.05) is 31.6 Å². The Morgan fingerprint density at radius 3 is 2.56 bits per heavy atom. The first-order valence-corrected chi connectivity index (χ1v) is 10.2. The summed E-state index contributed by atoms with van der Waals surface area (Å²) in [5.41, 5.74) is 1.63. The highest BCUT2D eigenvalue weighted by Crippen LogP contribution is 2.42. The maximum atomic E-state index is 9.48. The zero-order valence-electron chi connectivity index (χ0n) is 15.8. The molecule has 1 aliphatic carbocycles. The molecule has 0 spiro atoms. The topological polar surface area (TPSA) is 48.4 Å². The molecule has 0 aromatic carbocycles. The number of anilines is 1. The Hall–Kier alpha value is -1.13. The van der Waals surface area contributed by atoms with Gasteiger partial charge in [-0.25, -0.2) is 4.98 Å². The van der Waals surface area contributed by atoms with Crippen LogP contribution in [0.5, 0.6) is 0 Å². The van der Waals surface area contributed by atoms with Crippen LogP contribution in [0.15, 0.2) is 18.3 Å². The third-order valence-electron chi connectivity index (χ3n) is 6.37. The van der Waals surface area contributed by atoms with Crippen molar-refractivity contribution in [1.29, 1.82) is 0 Å². The van der Waals surface area contributed by atoms with Crippen molar-refractivity contribution in [3.63, 3.8) is 0 Å². The van der Waals surface area contributed by atoms with Crippen molar-refractivity contribution < 1.29 is 5.11 Å². The second-order valence-electron chi connectivity index (χ2n) is 8.27. The number of hydrogen-bond acceptors (Lipinski definition) is 4. The van der Waals surface area contributed by atoms with Crippen molar-refractivity contribution in [1.82, 2.24) is 9.88 Å². The lowest BCUT2D eigenvalue weighted by Crippen LogP contribution is -2.41. The molecule has 2 aliphatic rings. The number of aliphatic hydroxyl groups is 1. The van der Waals surface area contributed by atoms with Crippen molar-refractivity contribution >= 4 is 5.82 Å². The lowest BCUT2D eigenvalue weighted by atomic mass is 9.69. The molecule has 0 atom stereocenters. The second-order valence-corrected chi connectivity index (χ2v) is 8.27. The van der Waals surface area contributed by atoms with Gasteiger partial charge in [0.2, 0.25) is 0 Å². The van der Waals surface area contributed by atoms with Crippen molar-refractivity contribution in [2.45, 2.75) is 70.8 Å². The molecule has 4 heteroatoms. The summed E-state index contributed by atoms with van der Waals surface area (Å²) in [6.07, 6.45) is 13.3. The Bertz CT molecular complexity index is 497. The largest absolute Gasteiger partial charge is 0.396 e. The van der Waals surface area contributed by atoms with Gasteiger partial charge < -0.3 is 15.3 Å². The molecule has 0 radical (unpaired) electrons. The number of rotatable bonds is 7. The van der Waals surface area contributed by atoms with Crippen LogP contribution in [0.25, 0.3) is 0 Å². The average Bonchev–Trinajstić information content (AvgIpc) is 2.64. The third kappa shape index (κ3) is 5.42. The number of aromatic nitrogens is 1. The van der Waals surface area contributed by atoms with E-state index in [-0.39, 0.29) is 0 Å². The molecule has 3 rings (SSSR count). The van der Waals surface area contributed by atoms with E-state index >= 15 is 0 Å². The zero-order chi connectivity index (χ0) is 17.5. The fourth-order valence-corrected chi connectivity index (χ4v) is 4.62. The fraction of sp³-hybridized carbons (Fsp3) is 0.762. The average molecular weight is 346 g/mol. The van der Waals surface area contributed by atoms with Crippen LogP contribution in [-0.4, -0.2) is 47.3 Å². The second kappa shape index (κ2) is 9.00. The predicted octanol–water partition coefficient (Wildman–Crippen LogP) is 3.99. The van der Waals surface area contributed by atoms with E-state index in [1.54, 1.807) is 0 Å². The first-order valence-electron chi connectivity index (χ1n) is 10.2. The minimum atomic E-state index is 0.357. The van der Waals surface area contributed by atoms with Crippen LogP contribution in [0.2, 0.25) is 0 Å². The van der Waals surface area contributed by atoms with Gasteiger partial charge in [-0.15, -0.1) is 0 Å². The summed E-state index contributed by atoms with van der Waals surface area (Å²) < 4.78 is 0. The molecular weight excluding hydrogens is 310 g/mol. The molecule has 2 fully saturated rings. The van der Waals surface area contributed by atoms with Crippen LogP contribution >= 0.6 is 0 Å². The number of pyridine rings is 1. The standard InChI is InChI=1S/C21H35N3O/c1-18-5-6-20(22-17-18)23-19-7-13-24(14-8-19)15-11-21(12-16-25)9-3-2-4-10-21/h5-6,17,19,25H,2-4,7-16H2,1H3,(H,22,23). The molecule has 4 nitrogen and oxygen atoms in total. The Morgan fingerprint density at radius 1 is 1.16 bits per heavy atom. The van der Waals surface area contributed by atoms with Crippen molar-refractivity contribution in [2.24, 2.45) is 5.41 Å². The van der Waals surface area contributed by atoms with Gasteiger partial charge in [0.1, 0.15) is 5.82 Å². The third-order valence-corrected chi connectivity index (χ3v) is 6.37. The first kappa shape index (κ1) is 18.7. The van der Waals surface area contributed by atoms with Gasteiger partial charge in [0.15, 0.2) is 0 Å². The summed E-state index contributed by atoms with van der Waals surface area (Å²) in [6.45, 7) is 5.99. The highest BCUT2D eigenvalue weighted by atomic mass is 16.3. The lowest BCUT2D eigenvalue weighted by Gasteiger charge is -2.40. The van der Waals surface area contributed by atoms with E-state index in [2.05, 4.69) is 34.3 Å². The van der Waals surface area contributed by atoms with Gasteiger partial charge in [0.25, 0.3) is 0 Å². The van der Waals surface area contributed by atoms with E-state index < -0.39 is 0 Å². The molecular formula is C21H35N3O. The van der Waals surface area contributed by atoms with Gasteiger partial charge >= 0.3 is 0 Å². The van der Waals surface area contributed by atoms with E-state index in [4.69, 9.17) is 0 Å². The molecule has 1 aromatic heterocycles. The van der Waals surface area contributed by atoms with Gasteiger partial charge in [-0.3, -0.25) is 0 Å². The molecule has 0 unspecified atom stereocenters. The summed E-state index contributed by atoms with van der Waals surface area (Å²) >= 11 is 0. The molecule has 1 aliphatic heterocycles. The highest BCUT2D eigenvalue weighted by molar-refractivity contribution is 5.36. The molecule has 2 heterocycles. The molecule has 0 amide bonds. The van der Waals surface area contributed by atoms with E-state index in [9.17, 15) is 5.11 Å². The lowest BCUT2D eigenvalue weighted by molar-refractivity contribution is 0.0941. The van der Waals surface area contributed by atoms with Crippen molar-refractivity contribution in [3.05, 3.63) is 23.9 Å². The van der Waals surface area contributed by atoms with Crippen molar-refractivity contribution in [3.8, 4) is 0 Å². The molecule has 1 aromatic rings. The molecule has 2 N–H and O–H groups in total. The van der Waals surface area contributed by atoms with E-state index in [1.807, 2.05) is 6.20 Å². The van der Waals surface area contributed by atoms with Gasteiger partial charge in [0.05, 0.1) is 0 Å². The highest BCUT2D eigenvalue weighted by Gasteiger charge is 2.32. The minimum Gasteiger partial charge on any atom is -0.396 e. The summed E-state index contributed by atoms with van der Waals surface area (Å²) in [5, 5.41) is 13.1. The molecule has 0 bridgehead atoms. The van der Waals surface area contributed by atoms with E-state index in [1.165, 1.54) is 76.6 Å². The number of aliphatic hydroxyl groups excluding tert-OH is 1. The molecule has 1 saturated carbocycles. The van der Waals surface area contributed by atoms with Crippen LogP contribution < -0.4 is 5.32 Å². The van der Waals surface area contributed by atoms with E-state index in [0.717, 1.165) is 12.2 Å². The maximum absolute atomic E-state index is 9.48. The monoisotopic (exact) mass is 345 g/mol. The molecule has 25 heavy (non-hydrogen) atoms. The maximum Gasteiger partial charge on any atom is 0.126 e. The van der Waals surface area contributed by atoms with E-state index in [0.29, 0.717) is 18.1 Å². The first-order chi connectivity index (χ1) is 12.2. The summed E-state index contributed by atoms with van der Waals surface area (Å²) in [4.78, 5) is 7.10. The number of piperidine rings is 1. The Morgan fingerprint density at radius 2 is 1.92 bits per heavy atom. The van der Waals surface area contributed by atoms with Crippen LogP contribution in [0.1, 0.15) is 63.4 Å². The smallest absolute Gasteiger partial charge is 0.126 e. The number of hydrogen-bond donors (Lipinski definition) is 2. The Labute approximate surface area is 153 Å². The quantitative estimate of drug-likeness (QED) is 0.784. The zero-order valence-corrected chi connectivity index (χ0v) is 15.8. The molecule has 1 saturated heterocycles. The van der Waals surface area contributed by atoms with Gasteiger partial charge in [-0.2, -0.15) is 0 Å². The van der Waals surface area contributed by atoms with Crippen LogP contribution in [-0.2, 0) is 0 Å². The number of likely N-dealkylation sites (tertiary alicyclic amines) is 1. The number of nitrogens with one attached hydrogen (secondary N) is 1. The summed E-state index contributed by atoms with van der Waals surface area (Å²) in [6, 6.07) is 4.76. The molecule has 140 valence electrons.